The molecule has 4 rings (SSSR count). The molecule has 0 atom stereocenters. The number of ether oxygens (including phenoxy) is 1. The lowest BCUT2D eigenvalue weighted by Gasteiger charge is -2.07. The van der Waals surface area contributed by atoms with Crippen molar-refractivity contribution < 1.29 is 14.3 Å². The molecule has 0 bridgehead atoms. The predicted molar refractivity (Wildman–Crippen MR) is 104 cm³/mol. The number of methoxy groups -OCH3 is 1. The highest BCUT2D eigenvalue weighted by molar-refractivity contribution is 6.05. The molecule has 0 saturated carbocycles. The Balaban J connectivity index is 1.51. The maximum Gasteiger partial charge on any atom is 0.337 e. The van der Waals surface area contributed by atoms with Gasteiger partial charge in [0.15, 0.2) is 0 Å². The first kappa shape index (κ1) is 17.4. The predicted octanol–water partition coefficient (Wildman–Crippen LogP) is 3.44. The van der Waals surface area contributed by atoms with Crippen LogP contribution in [-0.2, 0) is 4.74 Å². The van der Waals surface area contributed by atoms with Crippen molar-refractivity contribution in [2.45, 2.75) is 0 Å². The molecule has 0 radical (unpaired) electrons. The number of aromatic nitrogens is 3. The quantitative estimate of drug-likeness (QED) is 0.555. The summed E-state index contributed by atoms with van der Waals surface area (Å²) in [7, 11) is 1.30. The average molecular weight is 372 g/mol. The number of rotatable bonds is 4. The van der Waals surface area contributed by atoms with Gasteiger partial charge in [-0.2, -0.15) is 0 Å². The Labute approximate surface area is 160 Å². The standard InChI is InChI=1S/C21H16N4O3/c1-28-20(27)16-5-2-4-15(12-16)19(26)23-17-8-6-14(7-9-17)18-13-25-11-3-10-22-21(25)24-18/h2-13H,1H3,(H,23,26). The van der Waals surface area contributed by atoms with E-state index in [1.165, 1.54) is 13.2 Å². The minimum absolute atomic E-state index is 0.310. The van der Waals surface area contributed by atoms with Gasteiger partial charge in [0.25, 0.3) is 5.91 Å². The molecule has 0 fully saturated rings. The number of anilines is 1. The summed E-state index contributed by atoms with van der Waals surface area (Å²) in [4.78, 5) is 32.8. The Morgan fingerprint density at radius 2 is 1.82 bits per heavy atom. The lowest BCUT2D eigenvalue weighted by molar-refractivity contribution is 0.0600. The molecule has 138 valence electrons. The Morgan fingerprint density at radius 3 is 2.57 bits per heavy atom. The summed E-state index contributed by atoms with van der Waals surface area (Å²) >= 11 is 0. The van der Waals surface area contributed by atoms with Gasteiger partial charge in [-0.15, -0.1) is 0 Å². The number of esters is 1. The largest absolute Gasteiger partial charge is 0.465 e. The molecule has 1 amide bonds. The van der Waals surface area contributed by atoms with Crippen LogP contribution in [0, 0.1) is 0 Å². The second kappa shape index (κ2) is 7.32. The molecule has 0 aliphatic heterocycles. The van der Waals surface area contributed by atoms with Gasteiger partial charge >= 0.3 is 5.97 Å². The van der Waals surface area contributed by atoms with Crippen molar-refractivity contribution in [2.75, 3.05) is 12.4 Å². The first-order valence-electron chi connectivity index (χ1n) is 8.54. The molecule has 7 heteroatoms. The highest BCUT2D eigenvalue weighted by Gasteiger charge is 2.11. The van der Waals surface area contributed by atoms with E-state index in [0.29, 0.717) is 22.6 Å². The highest BCUT2D eigenvalue weighted by Crippen LogP contribution is 2.21. The van der Waals surface area contributed by atoms with Crippen molar-refractivity contribution in [1.82, 2.24) is 14.4 Å². The molecule has 1 N–H and O–H groups in total. The van der Waals surface area contributed by atoms with Crippen molar-refractivity contribution in [3.8, 4) is 11.3 Å². The molecule has 28 heavy (non-hydrogen) atoms. The molecule has 0 unspecified atom stereocenters. The molecular weight excluding hydrogens is 356 g/mol. The van der Waals surface area contributed by atoms with Gasteiger partial charge in [-0.05, 0) is 36.4 Å². The van der Waals surface area contributed by atoms with E-state index < -0.39 is 5.97 Å². The van der Waals surface area contributed by atoms with Gasteiger partial charge in [0.1, 0.15) is 0 Å². The van der Waals surface area contributed by atoms with Crippen LogP contribution >= 0.6 is 0 Å². The summed E-state index contributed by atoms with van der Waals surface area (Å²) in [5.41, 5.74) is 3.04. The second-order valence-corrected chi connectivity index (χ2v) is 6.06. The van der Waals surface area contributed by atoms with Crippen molar-refractivity contribution in [3.63, 3.8) is 0 Å². The van der Waals surface area contributed by atoms with Crippen LogP contribution in [-0.4, -0.2) is 33.4 Å². The van der Waals surface area contributed by atoms with Gasteiger partial charge in [0.2, 0.25) is 5.78 Å². The van der Waals surface area contributed by atoms with Gasteiger partial charge in [-0.25, -0.2) is 14.8 Å². The van der Waals surface area contributed by atoms with Crippen LogP contribution in [0.5, 0.6) is 0 Å². The van der Waals surface area contributed by atoms with E-state index in [9.17, 15) is 9.59 Å². The third-order valence-electron chi connectivity index (χ3n) is 4.22. The van der Waals surface area contributed by atoms with Crippen LogP contribution in [0.1, 0.15) is 20.7 Å². The van der Waals surface area contributed by atoms with Gasteiger partial charge < -0.3 is 10.1 Å². The number of nitrogens with zero attached hydrogens (tertiary/aromatic N) is 3. The van der Waals surface area contributed by atoms with Crippen molar-refractivity contribution in [1.29, 1.82) is 0 Å². The summed E-state index contributed by atoms with van der Waals surface area (Å²) in [5.74, 6) is -0.170. The van der Waals surface area contributed by atoms with E-state index in [1.807, 2.05) is 35.0 Å². The highest BCUT2D eigenvalue weighted by atomic mass is 16.5. The van der Waals surface area contributed by atoms with Crippen LogP contribution in [0.4, 0.5) is 5.69 Å². The zero-order valence-electron chi connectivity index (χ0n) is 15.0. The molecule has 4 aromatic rings. The Hall–Kier alpha value is -4.00. The van der Waals surface area contributed by atoms with E-state index in [-0.39, 0.29) is 5.91 Å². The molecule has 0 saturated heterocycles. The smallest absolute Gasteiger partial charge is 0.337 e. The zero-order chi connectivity index (χ0) is 19.5. The summed E-state index contributed by atoms with van der Waals surface area (Å²) in [6.45, 7) is 0. The normalized spacial score (nSPS) is 10.6. The number of amides is 1. The summed E-state index contributed by atoms with van der Waals surface area (Å²) < 4.78 is 6.53. The fraction of sp³-hybridized carbons (Fsp3) is 0.0476. The lowest BCUT2D eigenvalue weighted by atomic mass is 10.1. The number of carbonyl (C=O) groups is 2. The summed E-state index contributed by atoms with van der Waals surface area (Å²) in [6.07, 6.45) is 5.48. The number of fused-ring (bicyclic) bond motifs is 1. The third kappa shape index (κ3) is 3.45. The number of benzene rings is 2. The molecule has 2 aromatic heterocycles. The zero-order valence-corrected chi connectivity index (χ0v) is 15.0. The second-order valence-electron chi connectivity index (χ2n) is 6.06. The molecule has 0 aliphatic rings. The molecule has 7 nitrogen and oxygen atoms in total. The molecule has 2 aromatic carbocycles. The Bertz CT molecular complexity index is 1130. The van der Waals surface area contributed by atoms with Gasteiger partial charge in [-0.3, -0.25) is 9.20 Å². The maximum absolute atomic E-state index is 12.5. The van der Waals surface area contributed by atoms with Crippen molar-refractivity contribution >= 4 is 23.3 Å². The van der Waals surface area contributed by atoms with Gasteiger partial charge in [0, 0.05) is 35.4 Å². The van der Waals surface area contributed by atoms with E-state index in [1.54, 1.807) is 36.5 Å². The first-order chi connectivity index (χ1) is 13.6. The van der Waals surface area contributed by atoms with Crippen LogP contribution in [0.2, 0.25) is 0 Å². The third-order valence-corrected chi connectivity index (χ3v) is 4.22. The average Bonchev–Trinajstić information content (AvgIpc) is 3.18. The number of hydrogen-bond donors (Lipinski definition) is 1. The summed E-state index contributed by atoms with van der Waals surface area (Å²) in [6, 6.07) is 15.6. The number of imidazole rings is 1. The van der Waals surface area contributed by atoms with Crippen LogP contribution < -0.4 is 5.32 Å². The van der Waals surface area contributed by atoms with Crippen molar-refractivity contribution in [2.24, 2.45) is 0 Å². The minimum Gasteiger partial charge on any atom is -0.465 e. The van der Waals surface area contributed by atoms with Crippen LogP contribution in [0.3, 0.4) is 0 Å². The van der Waals surface area contributed by atoms with Gasteiger partial charge in [0.05, 0.1) is 18.4 Å². The minimum atomic E-state index is -0.485. The SMILES string of the molecule is COC(=O)c1cccc(C(=O)Nc2ccc(-c3cn4cccnc4n3)cc2)c1. The van der Waals surface area contributed by atoms with E-state index >= 15 is 0 Å². The number of carbonyl (C=O) groups excluding carboxylic acids is 2. The summed E-state index contributed by atoms with van der Waals surface area (Å²) in [5, 5.41) is 2.82. The van der Waals surface area contributed by atoms with Crippen LogP contribution in [0.15, 0.2) is 73.2 Å². The lowest BCUT2D eigenvalue weighted by Crippen LogP contribution is -2.13. The Morgan fingerprint density at radius 1 is 1.04 bits per heavy atom. The van der Waals surface area contributed by atoms with E-state index in [2.05, 4.69) is 20.0 Å². The Kier molecular flexibility index (Phi) is 4.55. The van der Waals surface area contributed by atoms with Crippen molar-refractivity contribution in [3.05, 3.63) is 84.3 Å². The number of nitrogens with one attached hydrogen (secondary N) is 1. The number of hydrogen-bond acceptors (Lipinski definition) is 5. The maximum atomic E-state index is 12.5. The van der Waals surface area contributed by atoms with E-state index in [0.717, 1.165) is 11.3 Å². The molecular formula is C21H16N4O3. The first-order valence-corrected chi connectivity index (χ1v) is 8.54. The molecule has 0 spiro atoms. The van der Waals surface area contributed by atoms with Gasteiger partial charge in [-0.1, -0.05) is 18.2 Å². The van der Waals surface area contributed by atoms with E-state index in [4.69, 9.17) is 0 Å². The molecule has 2 heterocycles. The van der Waals surface area contributed by atoms with Crippen LogP contribution in [0.25, 0.3) is 17.0 Å². The fourth-order valence-electron chi connectivity index (χ4n) is 2.80. The monoisotopic (exact) mass is 372 g/mol. The fourth-order valence-corrected chi connectivity index (χ4v) is 2.80. The molecule has 0 aliphatic carbocycles. The topological polar surface area (TPSA) is 85.6 Å².